The summed E-state index contributed by atoms with van der Waals surface area (Å²) < 4.78 is 0. The molecule has 0 amide bonds. The molecular formula is C15H19N3O. The summed E-state index contributed by atoms with van der Waals surface area (Å²) in [5.41, 5.74) is 3.60. The number of carbonyl (C=O) groups is 1. The largest absolute Gasteiger partial charge is 0.382 e. The third-order valence-corrected chi connectivity index (χ3v) is 4.39. The van der Waals surface area contributed by atoms with Crippen LogP contribution in [0.25, 0.3) is 0 Å². The van der Waals surface area contributed by atoms with Crippen LogP contribution in [0.15, 0.2) is 18.2 Å². The number of anilines is 2. The van der Waals surface area contributed by atoms with Gasteiger partial charge in [-0.25, -0.2) is 0 Å². The van der Waals surface area contributed by atoms with Gasteiger partial charge in [-0.3, -0.25) is 4.79 Å². The Labute approximate surface area is 113 Å². The Hall–Kier alpha value is -1.55. The van der Waals surface area contributed by atoms with Gasteiger partial charge in [-0.05, 0) is 18.9 Å². The summed E-state index contributed by atoms with van der Waals surface area (Å²) >= 11 is 0. The van der Waals surface area contributed by atoms with Crippen LogP contribution < -0.4 is 15.5 Å². The molecule has 4 rings (SSSR count). The van der Waals surface area contributed by atoms with Gasteiger partial charge >= 0.3 is 0 Å². The fourth-order valence-electron chi connectivity index (χ4n) is 3.26. The van der Waals surface area contributed by atoms with Gasteiger partial charge in [-0.1, -0.05) is 12.1 Å². The Bertz CT molecular complexity index is 524. The Morgan fingerprint density at radius 1 is 1.21 bits per heavy atom. The molecule has 0 aromatic heterocycles. The summed E-state index contributed by atoms with van der Waals surface area (Å²) in [6, 6.07) is 6.19. The van der Waals surface area contributed by atoms with E-state index >= 15 is 0 Å². The molecule has 1 saturated carbocycles. The average Bonchev–Trinajstić information content (AvgIpc) is 3.26. The molecule has 1 unspecified atom stereocenters. The normalized spacial score (nSPS) is 25.3. The molecule has 3 aliphatic rings. The van der Waals surface area contributed by atoms with Crippen molar-refractivity contribution < 1.29 is 4.79 Å². The fraction of sp³-hybridized carbons (Fsp3) is 0.533. The molecular weight excluding hydrogens is 238 g/mol. The molecule has 2 aliphatic heterocycles. The minimum absolute atomic E-state index is 0.104. The highest BCUT2D eigenvalue weighted by atomic mass is 16.1. The number of ketones is 1. The molecule has 0 bridgehead atoms. The van der Waals surface area contributed by atoms with Gasteiger partial charge in [-0.15, -0.1) is 0 Å². The van der Waals surface area contributed by atoms with E-state index in [9.17, 15) is 4.79 Å². The van der Waals surface area contributed by atoms with E-state index in [0.29, 0.717) is 11.7 Å². The van der Waals surface area contributed by atoms with Crippen LogP contribution in [0.5, 0.6) is 0 Å². The summed E-state index contributed by atoms with van der Waals surface area (Å²) in [5, 5.41) is 6.91. The van der Waals surface area contributed by atoms with Crippen LogP contribution in [0.4, 0.5) is 11.4 Å². The van der Waals surface area contributed by atoms with Crippen LogP contribution in [-0.4, -0.2) is 32.0 Å². The molecule has 1 fully saturated rings. The van der Waals surface area contributed by atoms with Crippen LogP contribution in [0.3, 0.4) is 0 Å². The van der Waals surface area contributed by atoms with Crippen LogP contribution in [0.2, 0.25) is 0 Å². The van der Waals surface area contributed by atoms with Gasteiger partial charge in [0.05, 0.1) is 17.4 Å². The van der Waals surface area contributed by atoms with Crippen LogP contribution in [0, 0.1) is 5.92 Å². The molecule has 0 saturated heterocycles. The monoisotopic (exact) mass is 257 g/mol. The highest BCUT2D eigenvalue weighted by Crippen LogP contribution is 2.41. The Kier molecular flexibility index (Phi) is 2.52. The van der Waals surface area contributed by atoms with E-state index in [4.69, 9.17) is 0 Å². The third kappa shape index (κ3) is 1.82. The van der Waals surface area contributed by atoms with E-state index in [-0.39, 0.29) is 6.04 Å². The maximum atomic E-state index is 12.5. The molecule has 1 atom stereocenters. The number of para-hydroxylation sites is 1. The van der Waals surface area contributed by atoms with Gasteiger partial charge in [0, 0.05) is 37.7 Å². The number of benzene rings is 1. The van der Waals surface area contributed by atoms with E-state index in [1.807, 2.05) is 0 Å². The van der Waals surface area contributed by atoms with Crippen molar-refractivity contribution in [1.82, 2.24) is 5.32 Å². The predicted octanol–water partition coefficient (Wildman–Crippen LogP) is 1.54. The number of carbonyl (C=O) groups excluding carboxylic acids is 1. The Morgan fingerprint density at radius 2 is 2.05 bits per heavy atom. The number of nitrogens with zero attached hydrogens (tertiary/aromatic N) is 1. The van der Waals surface area contributed by atoms with Crippen molar-refractivity contribution in [3.63, 3.8) is 0 Å². The molecule has 4 heteroatoms. The van der Waals surface area contributed by atoms with Gasteiger partial charge in [-0.2, -0.15) is 0 Å². The number of hydrogen-bond donors (Lipinski definition) is 2. The Balaban J connectivity index is 1.80. The van der Waals surface area contributed by atoms with E-state index in [1.54, 1.807) is 0 Å². The number of Topliss-reactive ketones (excluding diaryl/α,β-unsaturated/α-hetero) is 1. The van der Waals surface area contributed by atoms with Crippen molar-refractivity contribution in [2.45, 2.75) is 18.9 Å². The van der Waals surface area contributed by atoms with Crippen molar-refractivity contribution in [3.8, 4) is 0 Å². The maximum Gasteiger partial charge on any atom is 0.157 e. The first kappa shape index (κ1) is 11.3. The molecule has 100 valence electrons. The minimum Gasteiger partial charge on any atom is -0.382 e. The number of rotatable bonds is 2. The first-order chi connectivity index (χ1) is 9.34. The number of nitrogens with one attached hydrogen (secondary N) is 2. The lowest BCUT2D eigenvalue weighted by Crippen LogP contribution is -2.36. The lowest BCUT2D eigenvalue weighted by Gasteiger charge is -2.32. The third-order valence-electron chi connectivity index (χ3n) is 4.39. The standard InChI is InChI=1S/C15H19N3O/c19-15(10-4-5-10)13-11-2-1-3-12-14(11)18(8-6-16-12)9-7-17-13/h1-3,10,13,16-17H,4-9H2. The van der Waals surface area contributed by atoms with E-state index in [2.05, 4.69) is 33.7 Å². The zero-order valence-electron chi connectivity index (χ0n) is 11.0. The highest BCUT2D eigenvalue weighted by Gasteiger charge is 2.38. The number of hydrogen-bond acceptors (Lipinski definition) is 4. The van der Waals surface area contributed by atoms with E-state index in [1.165, 1.54) is 16.9 Å². The quantitative estimate of drug-likeness (QED) is 0.843. The van der Waals surface area contributed by atoms with Crippen molar-refractivity contribution in [2.24, 2.45) is 5.92 Å². The summed E-state index contributed by atoms with van der Waals surface area (Å²) in [4.78, 5) is 14.9. The first-order valence-electron chi connectivity index (χ1n) is 7.23. The molecule has 2 N–H and O–H groups in total. The molecule has 1 aromatic carbocycles. The smallest absolute Gasteiger partial charge is 0.157 e. The summed E-state index contributed by atoms with van der Waals surface area (Å²) in [6.45, 7) is 3.88. The van der Waals surface area contributed by atoms with Crippen molar-refractivity contribution >= 4 is 17.2 Å². The lowest BCUT2D eigenvalue weighted by atomic mass is 9.96. The zero-order chi connectivity index (χ0) is 12.8. The van der Waals surface area contributed by atoms with Crippen LogP contribution in [-0.2, 0) is 4.79 Å². The maximum absolute atomic E-state index is 12.5. The first-order valence-corrected chi connectivity index (χ1v) is 7.23. The van der Waals surface area contributed by atoms with Crippen molar-refractivity contribution in [1.29, 1.82) is 0 Å². The molecule has 2 heterocycles. The van der Waals surface area contributed by atoms with Gasteiger partial charge in [0.2, 0.25) is 0 Å². The SMILES string of the molecule is O=C(C1CC1)C1NCCN2CCNc3cccc1c32. The van der Waals surface area contributed by atoms with Crippen molar-refractivity contribution in [2.75, 3.05) is 36.4 Å². The van der Waals surface area contributed by atoms with Crippen LogP contribution in [0.1, 0.15) is 24.4 Å². The molecule has 19 heavy (non-hydrogen) atoms. The van der Waals surface area contributed by atoms with Crippen LogP contribution >= 0.6 is 0 Å². The molecule has 0 radical (unpaired) electrons. The van der Waals surface area contributed by atoms with Gasteiger partial charge < -0.3 is 15.5 Å². The lowest BCUT2D eigenvalue weighted by molar-refractivity contribution is -0.122. The molecule has 0 spiro atoms. The summed E-state index contributed by atoms with van der Waals surface area (Å²) in [6.07, 6.45) is 2.15. The highest BCUT2D eigenvalue weighted by molar-refractivity contribution is 5.92. The second kappa shape index (κ2) is 4.23. The van der Waals surface area contributed by atoms with E-state index in [0.717, 1.165) is 39.0 Å². The topological polar surface area (TPSA) is 44.4 Å². The second-order valence-electron chi connectivity index (χ2n) is 5.72. The predicted molar refractivity (Wildman–Crippen MR) is 75.6 cm³/mol. The fourth-order valence-corrected chi connectivity index (χ4v) is 3.26. The van der Waals surface area contributed by atoms with Gasteiger partial charge in [0.15, 0.2) is 5.78 Å². The van der Waals surface area contributed by atoms with Crippen molar-refractivity contribution in [3.05, 3.63) is 23.8 Å². The molecule has 1 aromatic rings. The minimum atomic E-state index is -0.104. The molecule has 4 nitrogen and oxygen atoms in total. The van der Waals surface area contributed by atoms with Gasteiger partial charge in [0.25, 0.3) is 0 Å². The van der Waals surface area contributed by atoms with E-state index < -0.39 is 0 Å². The Morgan fingerprint density at radius 3 is 2.89 bits per heavy atom. The average molecular weight is 257 g/mol. The summed E-state index contributed by atoms with van der Waals surface area (Å²) in [7, 11) is 0. The zero-order valence-corrected chi connectivity index (χ0v) is 11.0. The summed E-state index contributed by atoms with van der Waals surface area (Å²) in [5.74, 6) is 0.692. The van der Waals surface area contributed by atoms with Gasteiger partial charge in [0.1, 0.15) is 0 Å². The molecule has 1 aliphatic carbocycles. The second-order valence-corrected chi connectivity index (χ2v) is 5.72.